The van der Waals surface area contributed by atoms with Crippen molar-refractivity contribution in [3.05, 3.63) is 24.3 Å². The molecular weight excluding hydrogens is 438 g/mol. The van der Waals surface area contributed by atoms with Crippen LogP contribution in [-0.2, 0) is 24.0 Å². The lowest BCUT2D eigenvalue weighted by Gasteiger charge is -2.60. The van der Waals surface area contributed by atoms with E-state index in [1.165, 1.54) is 6.42 Å². The maximum atomic E-state index is 12.8. The molecule has 4 aliphatic heterocycles. The molecule has 1 saturated carbocycles. The Balaban J connectivity index is 0.00000259. The van der Waals surface area contributed by atoms with Crippen molar-refractivity contribution in [1.29, 1.82) is 0 Å². The van der Waals surface area contributed by atoms with Crippen LogP contribution in [0.5, 0.6) is 0 Å². The molecule has 4 heterocycles. The van der Waals surface area contributed by atoms with Crippen LogP contribution in [0.25, 0.3) is 0 Å². The Labute approximate surface area is 202 Å². The Morgan fingerprint density at radius 2 is 1.94 bits per heavy atom. The Morgan fingerprint density at radius 3 is 2.73 bits per heavy atom. The Hall–Kier alpha value is -1.12. The second-order valence-corrected chi connectivity index (χ2v) is 11.1. The average molecular weight is 478 g/mol. The number of amides is 1. The first-order valence-electron chi connectivity index (χ1n) is 12.0. The lowest BCUT2D eigenvalue weighted by Crippen LogP contribution is -2.70. The molecule has 1 spiro atoms. The van der Waals surface area contributed by atoms with Gasteiger partial charge in [-0.3, -0.25) is 4.79 Å². The molecule has 2 bridgehead atoms. The van der Waals surface area contributed by atoms with Gasteiger partial charge in [0.1, 0.15) is 0 Å². The summed E-state index contributed by atoms with van der Waals surface area (Å²) in [7, 11) is 0. The van der Waals surface area contributed by atoms with Crippen molar-refractivity contribution in [3.8, 4) is 0 Å². The SMILES string of the molecule is C.CSc1ccccc1NC(=O)CC[C@H]1O[C@@H]2O[C@@]3(C)CC[C@H]4[C@H](C)CC[C@@H]([C@H]1C)[C@@]24OO3. The smallest absolute Gasteiger partial charge is 0.224 e. The number of carbonyl (C=O) groups is 1. The van der Waals surface area contributed by atoms with Gasteiger partial charge >= 0.3 is 0 Å². The third-order valence-electron chi connectivity index (χ3n) is 8.33. The molecule has 0 radical (unpaired) electrons. The third-order valence-corrected chi connectivity index (χ3v) is 9.13. The molecule has 5 fully saturated rings. The standard InChI is InChI=1S/C25H35NO5S.CH4/c1-15-9-10-18-16(2)20(11-12-22(27)26-19-7-5-6-8-21(19)32-4)28-23-25(18)17(15)13-14-24(3,29-23)30-31-25;/h5-8,15-18,20,23H,9-14H2,1-4H3,(H,26,27);1H4/t15-,16-,17+,18+,20-,23-,24-,25-;/m1./s1. The van der Waals surface area contributed by atoms with E-state index in [2.05, 4.69) is 19.2 Å². The molecule has 1 N–H and O–H groups in total. The number of thioether (sulfide) groups is 1. The number of benzene rings is 1. The van der Waals surface area contributed by atoms with E-state index in [9.17, 15) is 4.79 Å². The van der Waals surface area contributed by atoms with Gasteiger partial charge in [-0.2, -0.15) is 0 Å². The molecule has 6 rings (SSSR count). The largest absolute Gasteiger partial charge is 0.346 e. The van der Waals surface area contributed by atoms with Gasteiger partial charge in [0.25, 0.3) is 0 Å². The topological polar surface area (TPSA) is 66.0 Å². The van der Waals surface area contributed by atoms with Crippen LogP contribution in [0.2, 0.25) is 0 Å². The Bertz CT molecular complexity index is 867. The second-order valence-electron chi connectivity index (χ2n) is 10.2. The molecule has 0 unspecified atom stereocenters. The van der Waals surface area contributed by atoms with Crippen molar-refractivity contribution < 1.29 is 24.0 Å². The van der Waals surface area contributed by atoms with Gasteiger partial charge in [-0.05, 0) is 68.7 Å². The van der Waals surface area contributed by atoms with Crippen LogP contribution in [0.4, 0.5) is 5.69 Å². The summed E-state index contributed by atoms with van der Waals surface area (Å²) in [6.45, 7) is 6.52. The minimum atomic E-state index is -0.762. The number of ether oxygens (including phenoxy) is 2. The van der Waals surface area contributed by atoms with Crippen molar-refractivity contribution in [1.82, 2.24) is 0 Å². The van der Waals surface area contributed by atoms with Gasteiger partial charge in [0.15, 0.2) is 11.9 Å². The summed E-state index contributed by atoms with van der Waals surface area (Å²) in [4.78, 5) is 25.9. The fraction of sp³-hybridized carbons (Fsp3) is 0.731. The molecule has 4 saturated heterocycles. The summed E-state index contributed by atoms with van der Waals surface area (Å²) in [5.41, 5.74) is 0.330. The van der Waals surface area contributed by atoms with Crippen molar-refractivity contribution in [3.63, 3.8) is 0 Å². The van der Waals surface area contributed by atoms with E-state index in [4.69, 9.17) is 19.2 Å². The molecule has 1 aromatic rings. The zero-order valence-corrected chi connectivity index (χ0v) is 20.3. The highest BCUT2D eigenvalue weighted by Gasteiger charge is 2.69. The summed E-state index contributed by atoms with van der Waals surface area (Å²) in [5, 5.41) is 3.07. The number of carbonyl (C=O) groups excluding carboxylic acids is 1. The molecule has 6 nitrogen and oxygen atoms in total. The number of fused-ring (bicyclic) bond motifs is 2. The number of hydrogen-bond donors (Lipinski definition) is 1. The van der Waals surface area contributed by atoms with Gasteiger partial charge < -0.3 is 14.8 Å². The highest BCUT2D eigenvalue weighted by molar-refractivity contribution is 7.98. The number of nitrogens with one attached hydrogen (secondary N) is 1. The number of para-hydroxylation sites is 1. The van der Waals surface area contributed by atoms with Gasteiger partial charge in [0, 0.05) is 23.7 Å². The Morgan fingerprint density at radius 1 is 1.15 bits per heavy atom. The summed E-state index contributed by atoms with van der Waals surface area (Å²) in [6, 6.07) is 7.90. The first kappa shape index (κ1) is 25.0. The fourth-order valence-corrected chi connectivity index (χ4v) is 7.10. The maximum absolute atomic E-state index is 12.8. The lowest BCUT2D eigenvalue weighted by molar-refractivity contribution is -0.571. The van der Waals surface area contributed by atoms with Gasteiger partial charge in [-0.1, -0.05) is 33.4 Å². The predicted molar refractivity (Wildman–Crippen MR) is 130 cm³/mol. The normalized spacial score (nSPS) is 41.5. The van der Waals surface area contributed by atoms with Gasteiger partial charge in [-0.25, -0.2) is 9.78 Å². The van der Waals surface area contributed by atoms with E-state index in [0.29, 0.717) is 30.6 Å². The highest BCUT2D eigenvalue weighted by atomic mass is 32.2. The average Bonchev–Trinajstić information content (AvgIpc) is 3.01. The van der Waals surface area contributed by atoms with Crippen LogP contribution in [0.1, 0.15) is 66.7 Å². The zero-order valence-electron chi connectivity index (χ0n) is 19.5. The van der Waals surface area contributed by atoms with E-state index in [1.807, 2.05) is 37.4 Å². The molecule has 33 heavy (non-hydrogen) atoms. The van der Waals surface area contributed by atoms with Crippen LogP contribution in [-0.4, -0.2) is 35.9 Å². The number of rotatable bonds is 5. The van der Waals surface area contributed by atoms with Crippen molar-refractivity contribution in [2.75, 3.05) is 11.6 Å². The number of anilines is 1. The minimum absolute atomic E-state index is 0. The quantitative estimate of drug-likeness (QED) is 0.414. The molecule has 0 aromatic heterocycles. The molecular formula is C26H39NO5S. The highest BCUT2D eigenvalue weighted by Crippen LogP contribution is 2.60. The second kappa shape index (κ2) is 9.50. The first-order chi connectivity index (χ1) is 15.4. The van der Waals surface area contributed by atoms with Gasteiger partial charge in [0.2, 0.25) is 11.7 Å². The van der Waals surface area contributed by atoms with Gasteiger partial charge in [-0.15, -0.1) is 11.8 Å². The minimum Gasteiger partial charge on any atom is -0.346 e. The Kier molecular flexibility index (Phi) is 7.19. The summed E-state index contributed by atoms with van der Waals surface area (Å²) >= 11 is 1.63. The molecule has 1 aliphatic carbocycles. The van der Waals surface area contributed by atoms with E-state index < -0.39 is 17.7 Å². The van der Waals surface area contributed by atoms with Gasteiger partial charge in [0.05, 0.1) is 11.8 Å². The molecule has 1 aromatic carbocycles. The predicted octanol–water partition coefficient (Wildman–Crippen LogP) is 6.01. The van der Waals surface area contributed by atoms with Crippen molar-refractivity contribution in [2.45, 2.75) is 95.4 Å². The van der Waals surface area contributed by atoms with E-state index in [1.54, 1.807) is 11.8 Å². The van der Waals surface area contributed by atoms with Crippen LogP contribution < -0.4 is 5.32 Å². The molecule has 184 valence electrons. The summed E-state index contributed by atoms with van der Waals surface area (Å²) in [5.74, 6) is 0.744. The zero-order chi connectivity index (χ0) is 22.5. The van der Waals surface area contributed by atoms with Crippen LogP contribution >= 0.6 is 11.8 Å². The van der Waals surface area contributed by atoms with Crippen molar-refractivity contribution >= 4 is 23.4 Å². The summed E-state index contributed by atoms with van der Waals surface area (Å²) < 4.78 is 13.0. The maximum Gasteiger partial charge on any atom is 0.224 e. The molecule has 5 aliphatic rings. The summed E-state index contributed by atoms with van der Waals surface area (Å²) in [6.07, 6.45) is 6.72. The molecule has 7 heteroatoms. The number of hydrogen-bond acceptors (Lipinski definition) is 6. The fourth-order valence-electron chi connectivity index (χ4n) is 6.54. The van der Waals surface area contributed by atoms with Crippen LogP contribution in [0.15, 0.2) is 29.2 Å². The third kappa shape index (κ3) is 4.25. The first-order valence-corrected chi connectivity index (χ1v) is 13.2. The lowest BCUT2D eigenvalue weighted by atomic mass is 9.57. The monoisotopic (exact) mass is 477 g/mol. The van der Waals surface area contributed by atoms with Crippen molar-refractivity contribution in [2.24, 2.45) is 23.7 Å². The van der Waals surface area contributed by atoms with E-state index in [0.717, 1.165) is 29.8 Å². The molecule has 1 amide bonds. The van der Waals surface area contributed by atoms with E-state index in [-0.39, 0.29) is 25.4 Å². The van der Waals surface area contributed by atoms with Crippen LogP contribution in [0, 0.1) is 23.7 Å². The molecule has 8 atom stereocenters. The van der Waals surface area contributed by atoms with E-state index >= 15 is 0 Å². The van der Waals surface area contributed by atoms with Crippen LogP contribution in [0.3, 0.4) is 0 Å².